The van der Waals surface area contributed by atoms with Crippen molar-refractivity contribution in [3.63, 3.8) is 0 Å². The summed E-state index contributed by atoms with van der Waals surface area (Å²) >= 11 is 1.39. The molecule has 0 aliphatic carbocycles. The van der Waals surface area contributed by atoms with Crippen LogP contribution in [0.2, 0.25) is 0 Å². The second-order valence-electron chi connectivity index (χ2n) is 3.35. The van der Waals surface area contributed by atoms with E-state index >= 15 is 0 Å². The van der Waals surface area contributed by atoms with E-state index in [-0.39, 0.29) is 12.0 Å². The molecule has 2 heterocycles. The van der Waals surface area contributed by atoms with Crippen LogP contribution in [0.4, 0.5) is 5.13 Å². The summed E-state index contributed by atoms with van der Waals surface area (Å²) < 4.78 is 5.48. The number of anilines is 1. The predicted molar refractivity (Wildman–Crippen MR) is 56.8 cm³/mol. The first kappa shape index (κ1) is 10.5. The first-order valence-electron chi connectivity index (χ1n) is 5.04. The molecule has 1 atom stereocenters. The van der Waals surface area contributed by atoms with Gasteiger partial charge in [-0.1, -0.05) is 18.3 Å². The first-order valence-corrected chi connectivity index (χ1v) is 5.86. The van der Waals surface area contributed by atoms with Gasteiger partial charge in [0.05, 0.1) is 0 Å². The van der Waals surface area contributed by atoms with Crippen molar-refractivity contribution in [2.24, 2.45) is 0 Å². The third-order valence-corrected chi connectivity index (χ3v) is 3.14. The lowest BCUT2D eigenvalue weighted by Gasteiger charge is -2.02. The molecule has 1 aromatic heterocycles. The summed E-state index contributed by atoms with van der Waals surface area (Å²) in [4.78, 5) is 11.1. The Labute approximate surface area is 91.9 Å². The van der Waals surface area contributed by atoms with E-state index in [1.807, 2.05) is 0 Å². The number of hydrogen-bond acceptors (Lipinski definition) is 5. The molecular weight excluding hydrogens is 214 g/mol. The summed E-state index contributed by atoms with van der Waals surface area (Å²) in [5.74, 6) is -0.0370. The number of nitrogens with one attached hydrogen (secondary N) is 1. The van der Waals surface area contributed by atoms with Crippen LogP contribution in [0, 0.1) is 0 Å². The van der Waals surface area contributed by atoms with E-state index in [0.29, 0.717) is 11.6 Å². The Kier molecular flexibility index (Phi) is 3.27. The molecule has 0 spiro atoms. The summed E-state index contributed by atoms with van der Waals surface area (Å²) in [5, 5.41) is 12.0. The van der Waals surface area contributed by atoms with Crippen molar-refractivity contribution >= 4 is 22.4 Å². The third kappa shape index (κ3) is 2.51. The topological polar surface area (TPSA) is 64.1 Å². The molecule has 1 aliphatic rings. The highest BCUT2D eigenvalue weighted by Gasteiger charge is 2.22. The normalized spacial score (nSPS) is 20.5. The van der Waals surface area contributed by atoms with Crippen LogP contribution in [0.3, 0.4) is 0 Å². The Morgan fingerprint density at radius 3 is 3.20 bits per heavy atom. The Bertz CT molecular complexity index is 347. The van der Waals surface area contributed by atoms with Crippen molar-refractivity contribution in [3.05, 3.63) is 5.01 Å². The SMILES string of the molecule is CCC(=O)Nc1nnc(C2CCCO2)s1. The van der Waals surface area contributed by atoms with Gasteiger partial charge in [0.1, 0.15) is 11.1 Å². The van der Waals surface area contributed by atoms with Gasteiger partial charge in [-0.25, -0.2) is 0 Å². The van der Waals surface area contributed by atoms with E-state index < -0.39 is 0 Å². The Balaban J connectivity index is 2.00. The summed E-state index contributed by atoms with van der Waals surface area (Å²) in [6.45, 7) is 2.60. The fraction of sp³-hybridized carbons (Fsp3) is 0.667. The van der Waals surface area contributed by atoms with Crippen molar-refractivity contribution in [1.82, 2.24) is 10.2 Å². The predicted octanol–water partition coefficient (Wildman–Crippen LogP) is 1.74. The number of nitrogens with zero attached hydrogens (tertiary/aromatic N) is 2. The fourth-order valence-corrected chi connectivity index (χ4v) is 2.24. The molecule has 1 unspecified atom stereocenters. The van der Waals surface area contributed by atoms with Gasteiger partial charge in [0.2, 0.25) is 11.0 Å². The summed E-state index contributed by atoms with van der Waals surface area (Å²) in [6.07, 6.45) is 2.60. The van der Waals surface area contributed by atoms with Gasteiger partial charge in [-0.3, -0.25) is 4.79 Å². The number of hydrogen-bond donors (Lipinski definition) is 1. The third-order valence-electron chi connectivity index (χ3n) is 2.21. The zero-order chi connectivity index (χ0) is 10.7. The van der Waals surface area contributed by atoms with Gasteiger partial charge in [-0.05, 0) is 12.8 Å². The minimum Gasteiger partial charge on any atom is -0.371 e. The Hall–Kier alpha value is -1.01. The molecule has 0 saturated carbocycles. The molecule has 15 heavy (non-hydrogen) atoms. The number of amides is 1. The van der Waals surface area contributed by atoms with Gasteiger partial charge in [-0.15, -0.1) is 10.2 Å². The van der Waals surface area contributed by atoms with Gasteiger partial charge >= 0.3 is 0 Å². The van der Waals surface area contributed by atoms with Crippen LogP contribution in [-0.2, 0) is 9.53 Å². The zero-order valence-corrected chi connectivity index (χ0v) is 9.34. The van der Waals surface area contributed by atoms with E-state index in [4.69, 9.17) is 4.74 Å². The summed E-state index contributed by atoms with van der Waals surface area (Å²) in [7, 11) is 0. The maximum absolute atomic E-state index is 11.1. The van der Waals surface area contributed by atoms with Crippen LogP contribution in [0.15, 0.2) is 0 Å². The van der Waals surface area contributed by atoms with Gasteiger partial charge in [-0.2, -0.15) is 0 Å². The van der Waals surface area contributed by atoms with Crippen LogP contribution < -0.4 is 5.32 Å². The number of aromatic nitrogens is 2. The summed E-state index contributed by atoms with van der Waals surface area (Å²) in [6, 6.07) is 0. The number of carbonyl (C=O) groups is 1. The smallest absolute Gasteiger partial charge is 0.225 e. The van der Waals surface area contributed by atoms with E-state index in [9.17, 15) is 4.79 Å². The van der Waals surface area contributed by atoms with Crippen molar-refractivity contribution in [2.45, 2.75) is 32.3 Å². The van der Waals surface area contributed by atoms with Gasteiger partial charge in [0.25, 0.3) is 0 Å². The minimum absolute atomic E-state index is 0.0370. The van der Waals surface area contributed by atoms with E-state index in [1.54, 1.807) is 6.92 Å². The zero-order valence-electron chi connectivity index (χ0n) is 8.52. The minimum atomic E-state index is -0.0370. The molecule has 2 rings (SSSR count). The molecule has 6 heteroatoms. The van der Waals surface area contributed by atoms with Crippen molar-refractivity contribution < 1.29 is 9.53 Å². The van der Waals surface area contributed by atoms with E-state index in [2.05, 4.69) is 15.5 Å². The van der Waals surface area contributed by atoms with Gasteiger partial charge in [0.15, 0.2) is 0 Å². The molecule has 1 N–H and O–H groups in total. The van der Waals surface area contributed by atoms with Crippen molar-refractivity contribution in [2.75, 3.05) is 11.9 Å². The molecule has 1 aromatic rings. The van der Waals surface area contributed by atoms with Crippen LogP contribution in [0.25, 0.3) is 0 Å². The molecular formula is C9H13N3O2S. The van der Waals surface area contributed by atoms with Gasteiger partial charge < -0.3 is 10.1 Å². The fourth-order valence-electron chi connectivity index (χ4n) is 1.40. The number of rotatable bonds is 3. The highest BCUT2D eigenvalue weighted by atomic mass is 32.1. The van der Waals surface area contributed by atoms with Crippen LogP contribution in [-0.4, -0.2) is 22.7 Å². The molecule has 5 nitrogen and oxygen atoms in total. The quantitative estimate of drug-likeness (QED) is 0.854. The van der Waals surface area contributed by atoms with Gasteiger partial charge in [0, 0.05) is 13.0 Å². The van der Waals surface area contributed by atoms with Crippen molar-refractivity contribution in [1.29, 1.82) is 0 Å². The van der Waals surface area contributed by atoms with Crippen LogP contribution in [0.5, 0.6) is 0 Å². The number of carbonyl (C=O) groups excluding carboxylic acids is 1. The molecule has 1 fully saturated rings. The molecule has 0 bridgehead atoms. The van der Waals surface area contributed by atoms with Crippen LogP contribution in [0.1, 0.15) is 37.3 Å². The number of ether oxygens (including phenoxy) is 1. The van der Waals surface area contributed by atoms with E-state index in [0.717, 1.165) is 24.5 Å². The maximum Gasteiger partial charge on any atom is 0.225 e. The lowest BCUT2D eigenvalue weighted by atomic mass is 10.2. The molecule has 1 saturated heterocycles. The second-order valence-corrected chi connectivity index (χ2v) is 4.36. The second kappa shape index (κ2) is 4.67. The van der Waals surface area contributed by atoms with Crippen molar-refractivity contribution in [3.8, 4) is 0 Å². The van der Waals surface area contributed by atoms with Crippen LogP contribution >= 0.6 is 11.3 Å². The lowest BCUT2D eigenvalue weighted by Crippen LogP contribution is -2.08. The molecule has 1 aliphatic heterocycles. The maximum atomic E-state index is 11.1. The highest BCUT2D eigenvalue weighted by molar-refractivity contribution is 7.15. The molecule has 0 aromatic carbocycles. The summed E-state index contributed by atoms with van der Waals surface area (Å²) in [5.41, 5.74) is 0. The van der Waals surface area contributed by atoms with E-state index in [1.165, 1.54) is 11.3 Å². The Morgan fingerprint density at radius 1 is 1.67 bits per heavy atom. The Morgan fingerprint density at radius 2 is 2.53 bits per heavy atom. The molecule has 0 radical (unpaired) electrons. The average molecular weight is 227 g/mol. The average Bonchev–Trinajstić information content (AvgIpc) is 2.85. The lowest BCUT2D eigenvalue weighted by molar-refractivity contribution is -0.115. The highest BCUT2D eigenvalue weighted by Crippen LogP contribution is 2.31. The monoisotopic (exact) mass is 227 g/mol. The largest absolute Gasteiger partial charge is 0.371 e. The standard InChI is InChI=1S/C9H13N3O2S/c1-2-7(13)10-9-12-11-8(15-9)6-4-3-5-14-6/h6H,2-5H2,1H3,(H,10,12,13). The first-order chi connectivity index (χ1) is 7.29. The molecule has 82 valence electrons. The molecule has 1 amide bonds.